The third kappa shape index (κ3) is 6.89. The first-order valence-corrected chi connectivity index (χ1v) is 15.5. The highest BCUT2D eigenvalue weighted by atomic mass is 16.3. The maximum absolute atomic E-state index is 14.0. The molecule has 4 rings (SSSR count). The van der Waals surface area contributed by atoms with Crippen LogP contribution in [0.25, 0.3) is 5.76 Å². The van der Waals surface area contributed by atoms with Crippen LogP contribution in [0.15, 0.2) is 23.0 Å². The van der Waals surface area contributed by atoms with Crippen molar-refractivity contribution in [3.05, 3.63) is 34.1 Å². The molecule has 0 heterocycles. The molecule has 1 saturated carbocycles. The number of anilines is 2. The molecule has 15 heteroatoms. The van der Waals surface area contributed by atoms with Crippen LogP contribution in [-0.4, -0.2) is 107 Å². The SMILES string of the molecule is CC(C)C(N)=O.CN(C)c1cc(NC(=O)CNC(C)(C)C)c(O)c2c1C[C@H]1C[C@H]3[C@H](N(C)C)C(=O)C(C(N)=O)=C(O)[C@@]3(O)C(=O)C1=C2O. The lowest BCUT2D eigenvalue weighted by Gasteiger charge is -2.50. The van der Waals surface area contributed by atoms with Gasteiger partial charge in [0.25, 0.3) is 5.91 Å². The molecule has 0 spiro atoms. The second-order valence-electron chi connectivity index (χ2n) is 14.2. The number of ketones is 2. The van der Waals surface area contributed by atoms with Crippen molar-refractivity contribution < 1.29 is 44.4 Å². The van der Waals surface area contributed by atoms with Crippen LogP contribution in [0.2, 0.25) is 0 Å². The minimum absolute atomic E-state index is 0.00158. The molecule has 10 N–H and O–H groups in total. The highest BCUT2D eigenvalue weighted by Crippen LogP contribution is 2.54. The molecule has 0 radical (unpaired) electrons. The predicted octanol–water partition coefficient (Wildman–Crippen LogP) is 0.484. The quantitative estimate of drug-likeness (QED) is 0.146. The van der Waals surface area contributed by atoms with Gasteiger partial charge >= 0.3 is 0 Å². The summed E-state index contributed by atoms with van der Waals surface area (Å²) >= 11 is 0. The number of likely N-dealkylation sites (N-methyl/N-ethyl adjacent to an activating group) is 1. The van der Waals surface area contributed by atoms with Gasteiger partial charge < -0.3 is 47.4 Å². The number of benzene rings is 1. The molecule has 0 aliphatic heterocycles. The van der Waals surface area contributed by atoms with Crippen molar-refractivity contribution >= 4 is 46.4 Å². The van der Waals surface area contributed by atoms with Crippen LogP contribution in [0, 0.1) is 17.8 Å². The van der Waals surface area contributed by atoms with Crippen LogP contribution in [-0.2, 0) is 30.4 Å². The molecule has 15 nitrogen and oxygen atoms in total. The standard InChI is InChI=1S/C29H39N5O8.C4H9NO/c1-28(2,3)31-11-17(35)32-15-10-16(33(4)5)13-8-12-9-14-21(34(6)7)24(38)20(27(30)41)26(40)29(14,42)25(39)18(12)23(37)19(13)22(15)36;1-3(2)4(5)6/h10,12,14,21,31,36-37,40,42H,8-9,11H2,1-7H3,(H2,30,41)(H,32,35);3H,1-2H3,(H2,5,6)/t12-,14-,21-,29-;/m0./s1. The number of phenols is 1. The summed E-state index contributed by atoms with van der Waals surface area (Å²) in [6, 6.07) is 0.409. The first-order valence-electron chi connectivity index (χ1n) is 15.5. The van der Waals surface area contributed by atoms with E-state index in [-0.39, 0.29) is 53.6 Å². The molecule has 1 fully saturated rings. The largest absolute Gasteiger partial charge is 0.508 e. The molecule has 0 aromatic heterocycles. The van der Waals surface area contributed by atoms with Gasteiger partial charge in [-0.15, -0.1) is 0 Å². The first-order chi connectivity index (χ1) is 22.0. The number of nitrogens with zero attached hydrogens (tertiary/aromatic N) is 2. The Bertz CT molecular complexity index is 1600. The van der Waals surface area contributed by atoms with Gasteiger partial charge in [0, 0.05) is 42.7 Å². The number of primary amides is 2. The molecule has 3 amide bonds. The first kappa shape index (κ1) is 38.0. The summed E-state index contributed by atoms with van der Waals surface area (Å²) in [5, 5.41) is 51.3. The van der Waals surface area contributed by atoms with Crippen LogP contribution < -0.4 is 27.0 Å². The van der Waals surface area contributed by atoms with E-state index in [0.29, 0.717) is 11.3 Å². The second kappa shape index (κ2) is 13.6. The molecule has 3 aliphatic carbocycles. The van der Waals surface area contributed by atoms with E-state index >= 15 is 0 Å². The molecule has 0 bridgehead atoms. The van der Waals surface area contributed by atoms with Gasteiger partial charge in [-0.25, -0.2) is 0 Å². The minimum atomic E-state index is -2.73. The van der Waals surface area contributed by atoms with Gasteiger partial charge in [0.15, 0.2) is 11.4 Å². The van der Waals surface area contributed by atoms with Crippen LogP contribution in [0.3, 0.4) is 0 Å². The maximum atomic E-state index is 14.0. The summed E-state index contributed by atoms with van der Waals surface area (Å²) in [7, 11) is 6.58. The summed E-state index contributed by atoms with van der Waals surface area (Å²) in [5.74, 6) is -8.04. The van der Waals surface area contributed by atoms with Gasteiger partial charge in [-0.2, -0.15) is 0 Å². The van der Waals surface area contributed by atoms with E-state index in [1.165, 1.54) is 4.90 Å². The van der Waals surface area contributed by atoms with Crippen molar-refractivity contribution in [3.8, 4) is 5.75 Å². The number of aliphatic hydroxyl groups is 3. The van der Waals surface area contributed by atoms with E-state index in [1.54, 1.807) is 53.0 Å². The smallest absolute Gasteiger partial charge is 0.255 e. The summed E-state index contributed by atoms with van der Waals surface area (Å²) in [6.07, 6.45) is 0.117. The fourth-order valence-corrected chi connectivity index (χ4v) is 6.33. The number of hydrogen-bond donors (Lipinski definition) is 8. The summed E-state index contributed by atoms with van der Waals surface area (Å²) in [4.78, 5) is 65.2. The molecular formula is C33H48N6O9. The van der Waals surface area contributed by atoms with Crippen molar-refractivity contribution in [2.45, 2.75) is 64.6 Å². The number of fused-ring (bicyclic) bond motifs is 3. The number of aliphatic hydroxyl groups excluding tert-OH is 2. The Balaban J connectivity index is 0.000000952. The Kier molecular flexibility index (Phi) is 10.7. The molecule has 1 aromatic carbocycles. The Labute approximate surface area is 279 Å². The zero-order valence-electron chi connectivity index (χ0n) is 28.9. The Morgan fingerprint density at radius 3 is 2.08 bits per heavy atom. The fraction of sp³-hybridized carbons (Fsp3) is 0.545. The number of nitrogens with one attached hydrogen (secondary N) is 2. The molecule has 264 valence electrons. The molecule has 1 aromatic rings. The Hall–Kier alpha value is -4.47. The van der Waals surface area contributed by atoms with Gasteiger partial charge in [-0.1, -0.05) is 13.8 Å². The lowest BCUT2D eigenvalue weighted by Crippen LogP contribution is -2.65. The molecule has 3 aliphatic rings. The third-order valence-electron chi connectivity index (χ3n) is 8.80. The number of carbonyl (C=O) groups excluding carboxylic acids is 5. The number of phenolic OH excluding ortho intramolecular Hbond substituents is 1. The second-order valence-corrected chi connectivity index (χ2v) is 14.2. The van der Waals surface area contributed by atoms with Crippen molar-refractivity contribution in [2.24, 2.45) is 29.2 Å². The summed E-state index contributed by atoms with van der Waals surface area (Å²) < 4.78 is 0. The lowest BCUT2D eigenvalue weighted by molar-refractivity contribution is -0.153. The maximum Gasteiger partial charge on any atom is 0.255 e. The van der Waals surface area contributed by atoms with Crippen molar-refractivity contribution in [1.29, 1.82) is 0 Å². The van der Waals surface area contributed by atoms with E-state index < -0.39 is 69.7 Å². The highest BCUT2D eigenvalue weighted by Gasteiger charge is 2.64. The van der Waals surface area contributed by atoms with Crippen LogP contribution in [0.1, 0.15) is 52.2 Å². The number of aromatic hydroxyl groups is 1. The van der Waals surface area contributed by atoms with E-state index in [4.69, 9.17) is 11.5 Å². The van der Waals surface area contributed by atoms with E-state index in [9.17, 15) is 44.4 Å². The third-order valence-corrected chi connectivity index (χ3v) is 8.80. The van der Waals surface area contributed by atoms with Crippen LogP contribution >= 0.6 is 0 Å². The predicted molar refractivity (Wildman–Crippen MR) is 179 cm³/mol. The summed E-state index contributed by atoms with van der Waals surface area (Å²) in [5.41, 5.74) is 6.91. The van der Waals surface area contributed by atoms with Gasteiger partial charge in [-0.05, 0) is 65.3 Å². The highest BCUT2D eigenvalue weighted by molar-refractivity contribution is 6.24. The van der Waals surface area contributed by atoms with Crippen LogP contribution in [0.5, 0.6) is 5.75 Å². The van der Waals surface area contributed by atoms with Gasteiger partial charge in [-0.3, -0.25) is 28.9 Å². The minimum Gasteiger partial charge on any atom is -0.508 e. The average molecular weight is 673 g/mol. The van der Waals surface area contributed by atoms with Crippen molar-refractivity contribution in [3.63, 3.8) is 0 Å². The Morgan fingerprint density at radius 1 is 1.06 bits per heavy atom. The lowest BCUT2D eigenvalue weighted by atomic mass is 9.57. The zero-order chi connectivity index (χ0) is 36.8. The van der Waals surface area contributed by atoms with E-state index in [1.807, 2.05) is 20.8 Å². The number of rotatable bonds is 7. The zero-order valence-corrected chi connectivity index (χ0v) is 28.9. The number of hydrogen-bond acceptors (Lipinski definition) is 12. The van der Waals surface area contributed by atoms with Crippen molar-refractivity contribution in [2.75, 3.05) is 45.0 Å². The normalized spacial score (nSPS) is 23.6. The van der Waals surface area contributed by atoms with Crippen LogP contribution in [0.4, 0.5) is 11.4 Å². The van der Waals surface area contributed by atoms with Crippen molar-refractivity contribution in [1.82, 2.24) is 10.2 Å². The number of nitrogens with two attached hydrogens (primary N) is 2. The molecular weight excluding hydrogens is 624 g/mol. The van der Waals surface area contributed by atoms with Gasteiger partial charge in [0.2, 0.25) is 17.6 Å². The van der Waals surface area contributed by atoms with Gasteiger partial charge in [0.05, 0.1) is 23.8 Å². The Morgan fingerprint density at radius 2 is 1.62 bits per heavy atom. The van der Waals surface area contributed by atoms with Gasteiger partial charge in [0.1, 0.15) is 22.8 Å². The number of Topliss-reactive ketones (excluding diaryl/α,β-unsaturated/α-hetero) is 2. The molecule has 48 heavy (non-hydrogen) atoms. The average Bonchev–Trinajstić information content (AvgIpc) is 2.94. The number of amides is 3. The summed E-state index contributed by atoms with van der Waals surface area (Å²) in [6.45, 7) is 9.15. The topological polar surface area (TPSA) is 249 Å². The molecule has 0 unspecified atom stereocenters. The number of carbonyl (C=O) groups is 5. The van der Waals surface area contributed by atoms with E-state index in [2.05, 4.69) is 10.6 Å². The fourth-order valence-electron chi connectivity index (χ4n) is 6.33. The molecule has 4 atom stereocenters. The monoisotopic (exact) mass is 672 g/mol. The molecule has 0 saturated heterocycles. The van der Waals surface area contributed by atoms with E-state index in [0.717, 1.165) is 0 Å².